The molecule has 0 amide bonds. The smallest absolute Gasteiger partial charge is 0.320 e. The van der Waals surface area contributed by atoms with Crippen molar-refractivity contribution in [1.82, 2.24) is 19.5 Å². The van der Waals surface area contributed by atoms with Gasteiger partial charge in [-0.3, -0.25) is 4.57 Å². The van der Waals surface area contributed by atoms with E-state index in [-0.39, 0.29) is 12.1 Å². The highest BCUT2D eigenvalue weighted by Crippen LogP contribution is 2.26. The number of fused-ring (bicyclic) bond motifs is 1. The van der Waals surface area contributed by atoms with E-state index in [1.165, 1.54) is 0 Å². The van der Waals surface area contributed by atoms with Crippen LogP contribution in [0, 0.1) is 0 Å². The Morgan fingerprint density at radius 2 is 2.00 bits per heavy atom. The number of nitrogens with two attached hydrogens (primary N) is 1. The van der Waals surface area contributed by atoms with E-state index in [2.05, 4.69) is 15.0 Å². The van der Waals surface area contributed by atoms with E-state index in [9.17, 15) is 0 Å². The van der Waals surface area contributed by atoms with Crippen molar-refractivity contribution in [2.75, 3.05) is 18.7 Å². The Hall–Kier alpha value is -1.76. The number of nitrogens with zero attached hydrogens (tertiary/aromatic N) is 4. The van der Waals surface area contributed by atoms with E-state index in [4.69, 9.17) is 26.8 Å². The Morgan fingerprint density at radius 1 is 1.22 bits per heavy atom. The third-order valence-corrected chi connectivity index (χ3v) is 3.91. The van der Waals surface area contributed by atoms with Crippen LogP contribution < -0.4 is 15.2 Å². The van der Waals surface area contributed by atoms with Crippen molar-refractivity contribution in [2.24, 2.45) is 0 Å². The van der Waals surface area contributed by atoms with Gasteiger partial charge in [-0.05, 0) is 26.2 Å². The van der Waals surface area contributed by atoms with Crippen LogP contribution >= 0.6 is 11.6 Å². The molecule has 0 aliphatic rings. The number of ether oxygens (including phenoxy) is 2. The molecule has 1 unspecified atom stereocenters. The molecule has 0 spiro atoms. The number of hydrogen-bond donors (Lipinski definition) is 1. The van der Waals surface area contributed by atoms with Gasteiger partial charge in [0.25, 0.3) is 6.01 Å². The monoisotopic (exact) mass is 341 g/mol. The van der Waals surface area contributed by atoms with Crippen LogP contribution in [0.25, 0.3) is 11.2 Å². The summed E-state index contributed by atoms with van der Waals surface area (Å²) in [5, 5.41) is 0. The first-order valence-corrected chi connectivity index (χ1v) is 8.44. The molecule has 23 heavy (non-hydrogen) atoms. The highest BCUT2D eigenvalue weighted by molar-refractivity contribution is 6.17. The average molecular weight is 342 g/mol. The van der Waals surface area contributed by atoms with Crippen LogP contribution in [0.1, 0.15) is 39.5 Å². The molecule has 0 fully saturated rings. The molecule has 2 aromatic heterocycles. The van der Waals surface area contributed by atoms with Crippen LogP contribution in [-0.2, 0) is 6.54 Å². The number of halogens is 1. The molecule has 7 nitrogen and oxygen atoms in total. The number of hydrogen-bond acceptors (Lipinski definition) is 6. The van der Waals surface area contributed by atoms with E-state index in [0.29, 0.717) is 28.9 Å². The first kappa shape index (κ1) is 17.6. The molecule has 0 saturated heterocycles. The van der Waals surface area contributed by atoms with Crippen molar-refractivity contribution in [3.05, 3.63) is 0 Å². The lowest BCUT2D eigenvalue weighted by atomic mass is 10.2. The van der Waals surface area contributed by atoms with Gasteiger partial charge in [0.15, 0.2) is 17.0 Å². The zero-order valence-corrected chi connectivity index (χ0v) is 14.6. The lowest BCUT2D eigenvalue weighted by Crippen LogP contribution is -2.13. The molecule has 2 heterocycles. The van der Waals surface area contributed by atoms with E-state index < -0.39 is 0 Å². The van der Waals surface area contributed by atoms with Crippen LogP contribution in [0.15, 0.2) is 0 Å². The molecular formula is C15H24ClN5O2. The number of methoxy groups -OCH3 is 1. The summed E-state index contributed by atoms with van der Waals surface area (Å²) in [6, 6.07) is 0.751. The topological polar surface area (TPSA) is 88.1 Å². The lowest BCUT2D eigenvalue weighted by Gasteiger charge is -2.11. The molecule has 0 aliphatic heterocycles. The van der Waals surface area contributed by atoms with E-state index in [1.54, 1.807) is 7.11 Å². The Kier molecular flexibility index (Phi) is 6.27. The van der Waals surface area contributed by atoms with Crippen molar-refractivity contribution < 1.29 is 9.47 Å². The number of anilines is 1. The van der Waals surface area contributed by atoms with Gasteiger partial charge in [-0.25, -0.2) is 0 Å². The zero-order valence-electron chi connectivity index (χ0n) is 13.9. The Balaban J connectivity index is 2.34. The molecule has 0 bridgehead atoms. The maximum atomic E-state index is 6.01. The van der Waals surface area contributed by atoms with Crippen molar-refractivity contribution in [3.63, 3.8) is 0 Å². The minimum Gasteiger partial charge on any atom is -0.468 e. The second-order valence-electron chi connectivity index (χ2n) is 5.40. The quantitative estimate of drug-likeness (QED) is 0.557. The fourth-order valence-electron chi connectivity index (χ4n) is 2.20. The molecule has 0 aromatic carbocycles. The lowest BCUT2D eigenvalue weighted by molar-refractivity contribution is 0.200. The first-order valence-electron chi connectivity index (χ1n) is 7.91. The second-order valence-corrected chi connectivity index (χ2v) is 5.78. The largest absolute Gasteiger partial charge is 0.468 e. The third-order valence-electron chi connectivity index (χ3n) is 3.65. The predicted molar refractivity (Wildman–Crippen MR) is 91.2 cm³/mol. The van der Waals surface area contributed by atoms with Gasteiger partial charge in [0.1, 0.15) is 0 Å². The van der Waals surface area contributed by atoms with Crippen LogP contribution in [-0.4, -0.2) is 38.6 Å². The Bertz CT molecular complexity index is 646. The number of aryl methyl sites for hydroxylation is 1. The number of nitrogen functional groups attached to an aromatic ring is 1. The molecule has 1 atom stereocenters. The van der Waals surface area contributed by atoms with E-state index in [0.717, 1.165) is 32.2 Å². The fraction of sp³-hybridized carbons (Fsp3) is 0.667. The van der Waals surface area contributed by atoms with Gasteiger partial charge in [-0.1, -0.05) is 13.3 Å². The fourth-order valence-corrected chi connectivity index (χ4v) is 2.38. The number of aromatic nitrogens is 4. The third kappa shape index (κ3) is 4.16. The van der Waals surface area contributed by atoms with Gasteiger partial charge in [0.2, 0.25) is 0 Å². The summed E-state index contributed by atoms with van der Waals surface area (Å²) in [7, 11) is 1.58. The molecule has 2 N–H and O–H groups in total. The van der Waals surface area contributed by atoms with Crippen molar-refractivity contribution >= 4 is 28.6 Å². The number of rotatable bonds is 9. The Morgan fingerprint density at radius 3 is 2.65 bits per heavy atom. The van der Waals surface area contributed by atoms with Crippen LogP contribution in [0.5, 0.6) is 12.0 Å². The maximum Gasteiger partial charge on any atom is 0.320 e. The standard InChI is InChI=1S/C15H24ClN5O2/c1-4-10(2)23-14-19-12(17)11-13(20-14)21(15(18-11)22-3)9-7-5-6-8-16/h10H,4-9H2,1-3H3,(H2,17,19,20). The summed E-state index contributed by atoms with van der Waals surface area (Å²) in [4.78, 5) is 13.0. The van der Waals surface area contributed by atoms with Gasteiger partial charge in [-0.2, -0.15) is 15.0 Å². The molecule has 0 saturated carbocycles. The summed E-state index contributed by atoms with van der Waals surface area (Å²) >= 11 is 5.72. The zero-order chi connectivity index (χ0) is 16.8. The SMILES string of the molecule is CCC(C)Oc1nc(N)c2nc(OC)n(CCCCCCl)c2n1. The second kappa shape index (κ2) is 8.19. The minimum atomic E-state index is 0.0221. The summed E-state index contributed by atoms with van der Waals surface area (Å²) in [5.74, 6) is 0.968. The number of alkyl halides is 1. The Labute approximate surface area is 141 Å². The summed E-state index contributed by atoms with van der Waals surface area (Å²) in [5.41, 5.74) is 7.18. The molecular weight excluding hydrogens is 318 g/mol. The highest BCUT2D eigenvalue weighted by Gasteiger charge is 2.18. The van der Waals surface area contributed by atoms with Crippen LogP contribution in [0.2, 0.25) is 0 Å². The summed E-state index contributed by atoms with van der Waals surface area (Å²) < 4.78 is 12.9. The molecule has 0 aliphatic carbocycles. The van der Waals surface area contributed by atoms with Crippen molar-refractivity contribution in [1.29, 1.82) is 0 Å². The van der Waals surface area contributed by atoms with E-state index >= 15 is 0 Å². The van der Waals surface area contributed by atoms with Gasteiger partial charge in [0.05, 0.1) is 13.2 Å². The molecule has 0 radical (unpaired) electrons. The van der Waals surface area contributed by atoms with Gasteiger partial charge in [0, 0.05) is 12.4 Å². The van der Waals surface area contributed by atoms with Crippen molar-refractivity contribution in [3.8, 4) is 12.0 Å². The average Bonchev–Trinajstić information content (AvgIpc) is 2.90. The van der Waals surface area contributed by atoms with Gasteiger partial charge < -0.3 is 15.2 Å². The molecule has 2 aromatic rings. The maximum absolute atomic E-state index is 6.01. The normalized spacial score (nSPS) is 12.5. The van der Waals surface area contributed by atoms with Crippen molar-refractivity contribution in [2.45, 2.75) is 52.2 Å². The minimum absolute atomic E-state index is 0.0221. The summed E-state index contributed by atoms with van der Waals surface area (Å²) in [6.07, 6.45) is 3.86. The highest BCUT2D eigenvalue weighted by atomic mass is 35.5. The molecule has 2 rings (SSSR count). The van der Waals surface area contributed by atoms with E-state index in [1.807, 2.05) is 18.4 Å². The molecule has 8 heteroatoms. The van der Waals surface area contributed by atoms with Crippen LogP contribution in [0.3, 0.4) is 0 Å². The first-order chi connectivity index (χ1) is 11.1. The van der Waals surface area contributed by atoms with Crippen LogP contribution in [0.4, 0.5) is 5.82 Å². The van der Waals surface area contributed by atoms with Gasteiger partial charge >= 0.3 is 6.01 Å². The number of imidazole rings is 1. The predicted octanol–water partition coefficient (Wildman–Crippen LogP) is 3.00. The van der Waals surface area contributed by atoms with Gasteiger partial charge in [-0.15, -0.1) is 11.6 Å². The summed E-state index contributed by atoms with van der Waals surface area (Å²) in [6.45, 7) is 4.74. The number of unbranched alkanes of at least 4 members (excludes halogenated alkanes) is 2. The molecule has 128 valence electrons.